The predicted molar refractivity (Wildman–Crippen MR) is 57.8 cm³/mol. The molecule has 1 aliphatic rings. The van der Waals surface area contributed by atoms with E-state index >= 15 is 0 Å². The number of thiol groups is 1. The molecule has 1 fully saturated rings. The molecule has 0 aromatic carbocycles. The zero-order valence-corrected chi connectivity index (χ0v) is 9.11. The maximum atomic E-state index is 4.22. The van der Waals surface area contributed by atoms with Crippen LogP contribution < -0.4 is 5.32 Å². The molecule has 0 amide bonds. The molecule has 1 nitrogen and oxygen atoms in total. The highest BCUT2D eigenvalue weighted by molar-refractivity contribution is 7.80. The van der Waals surface area contributed by atoms with E-state index in [0.717, 1.165) is 30.2 Å². The second-order valence-corrected chi connectivity index (χ2v) is 4.54. The number of hydrogen-bond donors (Lipinski definition) is 2. The molecule has 2 atom stereocenters. The van der Waals surface area contributed by atoms with Crippen LogP contribution in [0.25, 0.3) is 0 Å². The fourth-order valence-electron chi connectivity index (χ4n) is 2.32. The predicted octanol–water partition coefficient (Wildman–Crippen LogP) is 2.33. The molecule has 2 unspecified atom stereocenters. The molecule has 0 radical (unpaired) electrons. The Kier molecular flexibility index (Phi) is 4.44. The monoisotopic (exact) mass is 187 g/mol. The quantitative estimate of drug-likeness (QED) is 0.646. The summed E-state index contributed by atoms with van der Waals surface area (Å²) >= 11 is 4.22. The zero-order chi connectivity index (χ0) is 8.97. The van der Waals surface area contributed by atoms with Crippen LogP contribution in [0.3, 0.4) is 0 Å². The smallest absolute Gasteiger partial charge is 0.0119 e. The summed E-state index contributed by atoms with van der Waals surface area (Å²) in [5.41, 5.74) is 0. The standard InChI is InChI=1S/C10H21NS/c1-8-4-3-5-9(2)10(8)11-6-7-12/h8-12H,3-7H2,1-2H3. The third-order valence-electron chi connectivity index (χ3n) is 3.04. The van der Waals surface area contributed by atoms with Gasteiger partial charge in [0.1, 0.15) is 0 Å². The van der Waals surface area contributed by atoms with Crippen LogP contribution >= 0.6 is 12.6 Å². The van der Waals surface area contributed by atoms with Gasteiger partial charge in [-0.05, 0) is 24.7 Å². The molecule has 12 heavy (non-hydrogen) atoms. The van der Waals surface area contributed by atoms with E-state index in [0.29, 0.717) is 0 Å². The lowest BCUT2D eigenvalue weighted by atomic mass is 9.79. The van der Waals surface area contributed by atoms with E-state index in [1.54, 1.807) is 0 Å². The van der Waals surface area contributed by atoms with Crippen LogP contribution in [-0.4, -0.2) is 18.3 Å². The normalized spacial score (nSPS) is 36.8. The molecule has 0 bridgehead atoms. The van der Waals surface area contributed by atoms with Crippen molar-refractivity contribution in [1.29, 1.82) is 0 Å². The second-order valence-electron chi connectivity index (χ2n) is 4.09. The maximum absolute atomic E-state index is 4.22. The summed E-state index contributed by atoms with van der Waals surface area (Å²) in [6.07, 6.45) is 4.21. The van der Waals surface area contributed by atoms with Crippen LogP contribution in [0.4, 0.5) is 0 Å². The van der Waals surface area contributed by atoms with Crippen LogP contribution in [0.15, 0.2) is 0 Å². The first-order chi connectivity index (χ1) is 5.75. The Bertz CT molecular complexity index is 117. The van der Waals surface area contributed by atoms with Crippen molar-refractivity contribution in [3.63, 3.8) is 0 Å². The summed E-state index contributed by atoms with van der Waals surface area (Å²) in [7, 11) is 0. The van der Waals surface area contributed by atoms with Gasteiger partial charge in [-0.25, -0.2) is 0 Å². The van der Waals surface area contributed by atoms with E-state index in [2.05, 4.69) is 31.8 Å². The Hall–Kier alpha value is 0.310. The lowest BCUT2D eigenvalue weighted by molar-refractivity contribution is 0.212. The highest BCUT2D eigenvalue weighted by Crippen LogP contribution is 2.28. The van der Waals surface area contributed by atoms with Gasteiger partial charge in [0.15, 0.2) is 0 Å². The zero-order valence-electron chi connectivity index (χ0n) is 8.21. The molecule has 0 aromatic heterocycles. The Labute approximate surface area is 81.7 Å². The molecule has 0 aliphatic heterocycles. The Morgan fingerprint density at radius 3 is 2.33 bits per heavy atom. The van der Waals surface area contributed by atoms with Crippen LogP contribution in [0, 0.1) is 11.8 Å². The molecule has 0 heterocycles. The van der Waals surface area contributed by atoms with Gasteiger partial charge in [-0.3, -0.25) is 0 Å². The topological polar surface area (TPSA) is 12.0 Å². The summed E-state index contributed by atoms with van der Waals surface area (Å²) in [5.74, 6) is 2.66. The third kappa shape index (κ3) is 2.67. The van der Waals surface area contributed by atoms with Crippen molar-refractivity contribution in [2.24, 2.45) is 11.8 Å². The molecule has 72 valence electrons. The van der Waals surface area contributed by atoms with E-state index in [4.69, 9.17) is 0 Å². The van der Waals surface area contributed by atoms with Crippen LogP contribution in [-0.2, 0) is 0 Å². The van der Waals surface area contributed by atoms with Crippen LogP contribution in [0.2, 0.25) is 0 Å². The average Bonchev–Trinajstić information content (AvgIpc) is 2.04. The van der Waals surface area contributed by atoms with Crippen LogP contribution in [0.5, 0.6) is 0 Å². The highest BCUT2D eigenvalue weighted by Gasteiger charge is 2.26. The Balaban J connectivity index is 2.34. The Morgan fingerprint density at radius 2 is 1.83 bits per heavy atom. The maximum Gasteiger partial charge on any atom is 0.0119 e. The van der Waals surface area contributed by atoms with Gasteiger partial charge >= 0.3 is 0 Å². The van der Waals surface area contributed by atoms with Crippen molar-refractivity contribution in [3.05, 3.63) is 0 Å². The SMILES string of the molecule is CC1CCCC(C)C1NCCS. The molecule has 0 saturated heterocycles. The molecule has 0 aromatic rings. The fourth-order valence-corrected chi connectivity index (χ4v) is 2.44. The second kappa shape index (κ2) is 5.13. The van der Waals surface area contributed by atoms with E-state index in [1.165, 1.54) is 19.3 Å². The summed E-state index contributed by atoms with van der Waals surface area (Å²) in [5, 5.41) is 3.59. The van der Waals surface area contributed by atoms with Gasteiger partial charge in [0.25, 0.3) is 0 Å². The van der Waals surface area contributed by atoms with Gasteiger partial charge in [0.05, 0.1) is 0 Å². The van der Waals surface area contributed by atoms with Gasteiger partial charge in [-0.1, -0.05) is 20.3 Å². The van der Waals surface area contributed by atoms with Gasteiger partial charge in [-0.2, -0.15) is 12.6 Å². The third-order valence-corrected chi connectivity index (χ3v) is 3.26. The molecular weight excluding hydrogens is 166 g/mol. The minimum atomic E-state index is 0.742. The van der Waals surface area contributed by atoms with Gasteiger partial charge in [0.2, 0.25) is 0 Å². The minimum absolute atomic E-state index is 0.742. The van der Waals surface area contributed by atoms with E-state index in [1.807, 2.05) is 0 Å². The minimum Gasteiger partial charge on any atom is -0.313 e. The van der Waals surface area contributed by atoms with Gasteiger partial charge in [-0.15, -0.1) is 0 Å². The molecule has 2 heteroatoms. The van der Waals surface area contributed by atoms with Crippen molar-refractivity contribution in [3.8, 4) is 0 Å². The van der Waals surface area contributed by atoms with Crippen molar-refractivity contribution >= 4 is 12.6 Å². The summed E-state index contributed by atoms with van der Waals surface area (Å²) < 4.78 is 0. The molecule has 1 aliphatic carbocycles. The van der Waals surface area contributed by atoms with Crippen molar-refractivity contribution < 1.29 is 0 Å². The lowest BCUT2D eigenvalue weighted by Crippen LogP contribution is -2.43. The van der Waals surface area contributed by atoms with E-state index in [-0.39, 0.29) is 0 Å². The molecule has 1 rings (SSSR count). The number of hydrogen-bond acceptors (Lipinski definition) is 2. The summed E-state index contributed by atoms with van der Waals surface area (Å²) in [6.45, 7) is 5.79. The van der Waals surface area contributed by atoms with Gasteiger partial charge < -0.3 is 5.32 Å². The lowest BCUT2D eigenvalue weighted by Gasteiger charge is -2.35. The number of rotatable bonds is 3. The van der Waals surface area contributed by atoms with Crippen molar-refractivity contribution in [2.45, 2.75) is 39.2 Å². The largest absolute Gasteiger partial charge is 0.313 e. The molecule has 1 N–H and O–H groups in total. The first-order valence-electron chi connectivity index (χ1n) is 5.10. The summed E-state index contributed by atoms with van der Waals surface area (Å²) in [4.78, 5) is 0. The number of nitrogens with one attached hydrogen (secondary N) is 1. The van der Waals surface area contributed by atoms with E-state index in [9.17, 15) is 0 Å². The van der Waals surface area contributed by atoms with Gasteiger partial charge in [0, 0.05) is 18.3 Å². The average molecular weight is 187 g/mol. The molecule has 0 spiro atoms. The summed E-state index contributed by atoms with van der Waals surface area (Å²) in [6, 6.07) is 0.742. The molecule has 1 saturated carbocycles. The van der Waals surface area contributed by atoms with Crippen molar-refractivity contribution in [2.75, 3.05) is 12.3 Å². The van der Waals surface area contributed by atoms with Crippen molar-refractivity contribution in [1.82, 2.24) is 5.32 Å². The first-order valence-corrected chi connectivity index (χ1v) is 5.73. The highest BCUT2D eigenvalue weighted by atomic mass is 32.1. The Morgan fingerprint density at radius 1 is 1.25 bits per heavy atom. The van der Waals surface area contributed by atoms with E-state index < -0.39 is 0 Å². The fraction of sp³-hybridized carbons (Fsp3) is 1.00. The first kappa shape index (κ1) is 10.4. The van der Waals surface area contributed by atoms with Crippen LogP contribution in [0.1, 0.15) is 33.1 Å². The molecular formula is C10H21NS.